The SMILES string of the molecule is CC1(C)c2ccc3c(c2)OC2(Oc4c(cccc41)C=[N+]2c1ccccc1)[N+](c1ccccc1)=C3. The van der Waals surface area contributed by atoms with E-state index < -0.39 is 6.03 Å². The van der Waals surface area contributed by atoms with Crippen molar-refractivity contribution in [3.63, 3.8) is 0 Å². The summed E-state index contributed by atoms with van der Waals surface area (Å²) >= 11 is 0. The van der Waals surface area contributed by atoms with Crippen LogP contribution in [0.25, 0.3) is 0 Å². The molecule has 0 N–H and O–H groups in total. The van der Waals surface area contributed by atoms with Crippen molar-refractivity contribution < 1.29 is 18.6 Å². The van der Waals surface area contributed by atoms with Crippen molar-refractivity contribution in [2.45, 2.75) is 25.3 Å². The fraction of sp³-hybridized carbons (Fsp3) is 0.133. The first-order chi connectivity index (χ1) is 16.6. The molecule has 1 spiro atoms. The monoisotopic (exact) mass is 444 g/mol. The highest BCUT2D eigenvalue weighted by Gasteiger charge is 2.67. The number of rotatable bonds is 2. The molecule has 0 radical (unpaired) electrons. The van der Waals surface area contributed by atoms with Gasteiger partial charge < -0.3 is 9.47 Å². The molecule has 4 aromatic rings. The first-order valence-electron chi connectivity index (χ1n) is 11.6. The number of benzene rings is 4. The Balaban J connectivity index is 1.64. The van der Waals surface area contributed by atoms with E-state index in [1.165, 1.54) is 5.56 Å². The van der Waals surface area contributed by atoms with E-state index in [1.54, 1.807) is 0 Å². The predicted octanol–water partition coefficient (Wildman–Crippen LogP) is 5.95. The van der Waals surface area contributed by atoms with E-state index >= 15 is 0 Å². The molecule has 0 aliphatic carbocycles. The summed E-state index contributed by atoms with van der Waals surface area (Å²) < 4.78 is 18.2. The van der Waals surface area contributed by atoms with E-state index in [2.05, 4.69) is 96.1 Å². The van der Waals surface area contributed by atoms with Gasteiger partial charge in [-0.15, -0.1) is 0 Å². The van der Waals surface area contributed by atoms with Crippen LogP contribution in [0, 0.1) is 0 Å². The maximum absolute atomic E-state index is 7.06. The van der Waals surface area contributed by atoms with Crippen molar-refractivity contribution in [2.24, 2.45) is 0 Å². The molecule has 3 heterocycles. The Morgan fingerprint density at radius 2 is 1.26 bits per heavy atom. The lowest BCUT2D eigenvalue weighted by Crippen LogP contribution is -2.61. The summed E-state index contributed by atoms with van der Waals surface area (Å²) in [6.45, 7) is 4.50. The molecular formula is C30H24N2O2+2. The first-order valence-corrected chi connectivity index (χ1v) is 11.6. The summed E-state index contributed by atoms with van der Waals surface area (Å²) in [6, 6.07) is 32.2. The molecule has 4 aromatic carbocycles. The van der Waals surface area contributed by atoms with E-state index in [0.717, 1.165) is 39.6 Å². The molecule has 1 atom stereocenters. The molecule has 164 valence electrons. The maximum Gasteiger partial charge on any atom is 0.714 e. The summed E-state index contributed by atoms with van der Waals surface area (Å²) in [5, 5.41) is 0. The Morgan fingerprint density at radius 1 is 0.618 bits per heavy atom. The lowest BCUT2D eigenvalue weighted by atomic mass is 9.76. The largest absolute Gasteiger partial charge is 0.714 e. The zero-order valence-corrected chi connectivity index (χ0v) is 19.1. The van der Waals surface area contributed by atoms with E-state index in [4.69, 9.17) is 9.47 Å². The lowest BCUT2D eigenvalue weighted by molar-refractivity contribution is -0.855. The Morgan fingerprint density at radius 3 is 1.94 bits per heavy atom. The van der Waals surface area contributed by atoms with Gasteiger partial charge in [-0.25, -0.2) is 0 Å². The molecule has 0 saturated heterocycles. The van der Waals surface area contributed by atoms with Crippen LogP contribution in [0.15, 0.2) is 97.1 Å². The molecule has 3 aliphatic heterocycles. The van der Waals surface area contributed by atoms with Gasteiger partial charge in [0.15, 0.2) is 23.9 Å². The average Bonchev–Trinajstić information content (AvgIpc) is 2.88. The van der Waals surface area contributed by atoms with Crippen molar-refractivity contribution in [3.8, 4) is 11.5 Å². The van der Waals surface area contributed by atoms with Gasteiger partial charge in [0.05, 0.1) is 11.1 Å². The summed E-state index contributed by atoms with van der Waals surface area (Å²) in [6.07, 6.45) is 4.28. The standard InChI is InChI=1S/C30H24N2O2/c1-29(2)23-17-16-21-19-31(24-11-5-3-6-12-24)30(33-27(21)18-23)32(25-13-7-4-8-14-25)20-22-10-9-15-26(29)28(22)34-30/h3-20H,1-2H3/q+2. The van der Waals surface area contributed by atoms with Crippen molar-refractivity contribution >= 4 is 23.8 Å². The van der Waals surface area contributed by atoms with Gasteiger partial charge >= 0.3 is 6.03 Å². The number of ether oxygens (including phenoxy) is 2. The quantitative estimate of drug-likeness (QED) is 0.357. The zero-order chi connectivity index (χ0) is 22.9. The van der Waals surface area contributed by atoms with E-state index in [-0.39, 0.29) is 5.41 Å². The lowest BCUT2D eigenvalue weighted by Gasteiger charge is -2.32. The summed E-state index contributed by atoms with van der Waals surface area (Å²) in [7, 11) is 0. The average molecular weight is 445 g/mol. The summed E-state index contributed by atoms with van der Waals surface area (Å²) in [5.41, 5.74) is 6.07. The van der Waals surface area contributed by atoms with Crippen LogP contribution in [0.4, 0.5) is 11.4 Å². The molecule has 0 fully saturated rings. The number of fused-ring (bicyclic) bond motifs is 1. The van der Waals surface area contributed by atoms with Crippen LogP contribution >= 0.6 is 0 Å². The van der Waals surface area contributed by atoms with Gasteiger partial charge in [0, 0.05) is 35.2 Å². The molecule has 1 unspecified atom stereocenters. The molecule has 4 bridgehead atoms. The van der Waals surface area contributed by atoms with Gasteiger partial charge in [0.25, 0.3) is 0 Å². The van der Waals surface area contributed by atoms with Crippen LogP contribution in [-0.4, -0.2) is 27.6 Å². The molecule has 7 rings (SSSR count). The smallest absolute Gasteiger partial charge is 0.340 e. The second kappa shape index (κ2) is 6.67. The highest BCUT2D eigenvalue weighted by molar-refractivity contribution is 5.85. The second-order valence-corrected chi connectivity index (χ2v) is 9.52. The van der Waals surface area contributed by atoms with Gasteiger partial charge in [-0.3, -0.25) is 0 Å². The fourth-order valence-electron chi connectivity index (χ4n) is 5.24. The van der Waals surface area contributed by atoms with Crippen molar-refractivity contribution in [1.82, 2.24) is 0 Å². The van der Waals surface area contributed by atoms with Gasteiger partial charge in [0.1, 0.15) is 0 Å². The molecule has 34 heavy (non-hydrogen) atoms. The maximum atomic E-state index is 7.06. The minimum atomic E-state index is -1.27. The molecule has 0 aromatic heterocycles. The molecule has 4 nitrogen and oxygen atoms in total. The van der Waals surface area contributed by atoms with Crippen LogP contribution in [-0.2, 0) is 5.41 Å². The van der Waals surface area contributed by atoms with Gasteiger partial charge in [-0.1, -0.05) is 77.6 Å². The number of nitrogens with zero attached hydrogens (tertiary/aromatic N) is 2. The fourth-order valence-corrected chi connectivity index (χ4v) is 5.24. The van der Waals surface area contributed by atoms with Crippen LogP contribution in [0.2, 0.25) is 0 Å². The van der Waals surface area contributed by atoms with Crippen LogP contribution < -0.4 is 9.47 Å². The molecule has 4 heteroatoms. The van der Waals surface area contributed by atoms with E-state index in [0.29, 0.717) is 0 Å². The Bertz CT molecular complexity index is 1520. The zero-order valence-electron chi connectivity index (χ0n) is 19.1. The number of para-hydroxylation sites is 3. The normalized spacial score (nSPS) is 20.6. The van der Waals surface area contributed by atoms with E-state index in [1.807, 2.05) is 36.4 Å². The Kier molecular flexibility index (Phi) is 3.79. The van der Waals surface area contributed by atoms with Crippen molar-refractivity contribution in [3.05, 3.63) is 119 Å². The molecule has 0 saturated carbocycles. The topological polar surface area (TPSA) is 24.5 Å². The highest BCUT2D eigenvalue weighted by Crippen LogP contribution is 2.48. The van der Waals surface area contributed by atoms with Crippen LogP contribution in [0.5, 0.6) is 11.5 Å². The number of hydrogen-bond donors (Lipinski definition) is 0. The Hall–Kier alpha value is -4.18. The Labute approximate surface area is 198 Å². The second-order valence-electron chi connectivity index (χ2n) is 9.52. The highest BCUT2D eigenvalue weighted by atomic mass is 16.7. The van der Waals surface area contributed by atoms with Crippen LogP contribution in [0.3, 0.4) is 0 Å². The summed E-state index contributed by atoms with van der Waals surface area (Å²) in [5.74, 6) is 1.66. The van der Waals surface area contributed by atoms with Crippen LogP contribution in [0.1, 0.15) is 36.1 Å². The minimum absolute atomic E-state index is 0.261. The van der Waals surface area contributed by atoms with Gasteiger partial charge in [-0.2, -0.15) is 0 Å². The van der Waals surface area contributed by atoms with E-state index in [9.17, 15) is 0 Å². The third kappa shape index (κ3) is 2.54. The third-order valence-corrected chi connectivity index (χ3v) is 7.15. The predicted molar refractivity (Wildman–Crippen MR) is 132 cm³/mol. The molecular weight excluding hydrogens is 420 g/mol. The molecule has 3 aliphatic rings. The van der Waals surface area contributed by atoms with Crippen molar-refractivity contribution in [1.29, 1.82) is 0 Å². The number of hydrogen-bond acceptors (Lipinski definition) is 2. The van der Waals surface area contributed by atoms with Gasteiger partial charge in [0.2, 0.25) is 11.4 Å². The van der Waals surface area contributed by atoms with Crippen molar-refractivity contribution in [2.75, 3.05) is 0 Å². The van der Waals surface area contributed by atoms with Gasteiger partial charge in [-0.05, 0) is 23.8 Å². The minimum Gasteiger partial charge on any atom is -0.340 e. The first kappa shape index (κ1) is 19.3. The third-order valence-electron chi connectivity index (χ3n) is 7.15. The summed E-state index contributed by atoms with van der Waals surface area (Å²) in [4.78, 5) is 0. The molecule has 0 amide bonds.